The lowest BCUT2D eigenvalue weighted by Crippen LogP contribution is -2.56. The Labute approximate surface area is 160 Å². The van der Waals surface area contributed by atoms with Gasteiger partial charge in [-0.1, -0.05) is 18.2 Å². The molecule has 1 atom stereocenters. The second-order valence-electron chi connectivity index (χ2n) is 6.80. The van der Waals surface area contributed by atoms with Gasteiger partial charge in [0.05, 0.1) is 19.6 Å². The van der Waals surface area contributed by atoms with Crippen molar-refractivity contribution >= 4 is 11.8 Å². The number of carbonyl (C=O) groups excluding carboxylic acids is 2. The largest absolute Gasteiger partial charge is 0.497 e. The molecule has 1 heterocycles. The summed E-state index contributed by atoms with van der Waals surface area (Å²) >= 11 is 0. The Balaban J connectivity index is 2.13. The van der Waals surface area contributed by atoms with Crippen LogP contribution >= 0.6 is 0 Å². The lowest BCUT2D eigenvalue weighted by atomic mass is 10.1. The van der Waals surface area contributed by atoms with E-state index in [1.165, 1.54) is 13.2 Å². The van der Waals surface area contributed by atoms with Crippen molar-refractivity contribution in [2.75, 3.05) is 33.3 Å². The van der Waals surface area contributed by atoms with E-state index in [0.717, 1.165) is 5.57 Å². The summed E-state index contributed by atoms with van der Waals surface area (Å²) in [5, 5.41) is 2.80. The van der Waals surface area contributed by atoms with Crippen molar-refractivity contribution in [2.45, 2.75) is 32.9 Å². The van der Waals surface area contributed by atoms with Gasteiger partial charge in [-0.05, 0) is 19.9 Å². The lowest BCUT2D eigenvalue weighted by Gasteiger charge is -2.35. The number of halogens is 1. The van der Waals surface area contributed by atoms with Crippen LogP contribution in [0.25, 0.3) is 0 Å². The Bertz CT molecular complexity index is 708. The molecule has 1 aromatic rings. The summed E-state index contributed by atoms with van der Waals surface area (Å²) in [6.45, 7) is 9.91. The summed E-state index contributed by atoms with van der Waals surface area (Å²) in [5.41, 5.74) is 1.35. The smallest absolute Gasteiger partial charge is 0.237 e. The highest BCUT2D eigenvalue weighted by Crippen LogP contribution is 2.20. The number of nitrogens with zero attached hydrogens (tertiary/aromatic N) is 2. The summed E-state index contributed by atoms with van der Waals surface area (Å²) in [5.74, 6) is -0.252. The highest BCUT2D eigenvalue weighted by atomic mass is 19.1. The van der Waals surface area contributed by atoms with E-state index in [-0.39, 0.29) is 30.6 Å². The van der Waals surface area contributed by atoms with Crippen molar-refractivity contribution in [2.24, 2.45) is 0 Å². The van der Waals surface area contributed by atoms with Crippen LogP contribution in [0.3, 0.4) is 0 Å². The van der Waals surface area contributed by atoms with Crippen LogP contribution in [0.4, 0.5) is 4.39 Å². The Morgan fingerprint density at radius 3 is 2.81 bits per heavy atom. The zero-order valence-electron chi connectivity index (χ0n) is 16.3. The summed E-state index contributed by atoms with van der Waals surface area (Å²) < 4.78 is 19.3. The molecule has 0 spiro atoms. The zero-order chi connectivity index (χ0) is 20.0. The molecule has 2 rings (SSSR count). The van der Waals surface area contributed by atoms with Crippen LogP contribution in [0.5, 0.6) is 5.75 Å². The van der Waals surface area contributed by atoms with Crippen LogP contribution in [0.1, 0.15) is 25.8 Å². The number of methoxy groups -OCH3 is 1. The van der Waals surface area contributed by atoms with Crippen LogP contribution < -0.4 is 10.1 Å². The maximum absolute atomic E-state index is 14.3. The third-order valence-corrected chi connectivity index (χ3v) is 4.64. The summed E-state index contributed by atoms with van der Waals surface area (Å²) in [7, 11) is 1.48. The molecule has 1 saturated heterocycles. The van der Waals surface area contributed by atoms with Crippen molar-refractivity contribution in [3.63, 3.8) is 0 Å². The van der Waals surface area contributed by atoms with Crippen LogP contribution in [-0.4, -0.2) is 60.9 Å². The standard InChI is InChI=1S/C20H28FN3O3/c1-5-23(12-14(2)3)19(25)11-18-20(26)22-8-9-24(18)13-15-6-7-16(27-4)10-17(15)21/h6-7,10,18H,2,5,8-9,11-13H2,1,3-4H3,(H,22,26). The minimum Gasteiger partial charge on any atom is -0.497 e. The fraction of sp³-hybridized carbons (Fsp3) is 0.500. The maximum Gasteiger partial charge on any atom is 0.237 e. The average molecular weight is 377 g/mol. The summed E-state index contributed by atoms with van der Waals surface area (Å²) in [6, 6.07) is 4.05. The quantitative estimate of drug-likeness (QED) is 0.704. The molecule has 0 bridgehead atoms. The minimum atomic E-state index is -0.619. The van der Waals surface area contributed by atoms with E-state index in [4.69, 9.17) is 4.74 Å². The van der Waals surface area contributed by atoms with E-state index in [9.17, 15) is 14.0 Å². The lowest BCUT2D eigenvalue weighted by molar-refractivity contribution is -0.138. The number of benzene rings is 1. The number of carbonyl (C=O) groups is 2. The molecule has 27 heavy (non-hydrogen) atoms. The van der Waals surface area contributed by atoms with Gasteiger partial charge in [0.2, 0.25) is 11.8 Å². The van der Waals surface area contributed by atoms with Gasteiger partial charge in [-0.3, -0.25) is 14.5 Å². The van der Waals surface area contributed by atoms with Crippen molar-refractivity contribution in [1.82, 2.24) is 15.1 Å². The van der Waals surface area contributed by atoms with Gasteiger partial charge in [0, 0.05) is 44.4 Å². The molecule has 0 radical (unpaired) electrons. The third kappa shape index (κ3) is 5.53. The number of hydrogen-bond donors (Lipinski definition) is 1. The predicted octanol–water partition coefficient (Wildman–Crippen LogP) is 1.95. The van der Waals surface area contributed by atoms with E-state index in [0.29, 0.717) is 37.5 Å². The van der Waals surface area contributed by atoms with Crippen molar-refractivity contribution in [3.05, 3.63) is 41.7 Å². The first-order valence-electron chi connectivity index (χ1n) is 9.12. The number of nitrogens with one attached hydrogen (secondary N) is 1. The Hall–Kier alpha value is -2.41. The number of piperazine rings is 1. The fourth-order valence-corrected chi connectivity index (χ4v) is 3.17. The third-order valence-electron chi connectivity index (χ3n) is 4.64. The van der Waals surface area contributed by atoms with Gasteiger partial charge in [0.15, 0.2) is 0 Å². The number of hydrogen-bond acceptors (Lipinski definition) is 4. The van der Waals surface area contributed by atoms with Gasteiger partial charge in [0.25, 0.3) is 0 Å². The molecule has 6 nitrogen and oxygen atoms in total. The van der Waals surface area contributed by atoms with E-state index in [1.807, 2.05) is 18.7 Å². The first kappa shape index (κ1) is 20.9. The molecular weight excluding hydrogens is 349 g/mol. The van der Waals surface area contributed by atoms with E-state index >= 15 is 0 Å². The number of rotatable bonds is 8. The molecule has 1 fully saturated rings. The molecule has 148 valence electrons. The normalized spacial score (nSPS) is 17.3. The highest BCUT2D eigenvalue weighted by Gasteiger charge is 2.33. The van der Waals surface area contributed by atoms with Crippen LogP contribution in [-0.2, 0) is 16.1 Å². The SMILES string of the molecule is C=C(C)CN(CC)C(=O)CC1C(=O)NCCN1Cc1ccc(OC)cc1F. The molecule has 0 aliphatic carbocycles. The molecule has 2 amide bonds. The van der Waals surface area contributed by atoms with E-state index in [1.54, 1.807) is 17.0 Å². The Kier molecular flexibility index (Phi) is 7.36. The molecule has 1 aliphatic rings. The average Bonchev–Trinajstić information content (AvgIpc) is 2.63. The Morgan fingerprint density at radius 2 is 2.22 bits per heavy atom. The number of ether oxygens (including phenoxy) is 1. The molecule has 0 saturated carbocycles. The van der Waals surface area contributed by atoms with E-state index < -0.39 is 6.04 Å². The second kappa shape index (κ2) is 9.50. The topological polar surface area (TPSA) is 61.9 Å². The molecular formula is C20H28FN3O3. The minimum absolute atomic E-state index is 0.0602. The van der Waals surface area contributed by atoms with Crippen LogP contribution in [0.15, 0.2) is 30.4 Å². The number of likely N-dealkylation sites (N-methyl/N-ethyl adjacent to an activating group) is 1. The molecule has 1 aliphatic heterocycles. The molecule has 1 N–H and O–H groups in total. The highest BCUT2D eigenvalue weighted by molar-refractivity contribution is 5.89. The van der Waals surface area contributed by atoms with Gasteiger partial charge in [-0.15, -0.1) is 0 Å². The van der Waals surface area contributed by atoms with Gasteiger partial charge >= 0.3 is 0 Å². The molecule has 0 aromatic heterocycles. The maximum atomic E-state index is 14.3. The summed E-state index contributed by atoms with van der Waals surface area (Å²) in [6.07, 6.45) is 0.0602. The van der Waals surface area contributed by atoms with Gasteiger partial charge in [-0.2, -0.15) is 0 Å². The predicted molar refractivity (Wildman–Crippen MR) is 102 cm³/mol. The fourth-order valence-electron chi connectivity index (χ4n) is 3.17. The zero-order valence-corrected chi connectivity index (χ0v) is 16.3. The monoisotopic (exact) mass is 377 g/mol. The van der Waals surface area contributed by atoms with Crippen molar-refractivity contribution in [3.8, 4) is 5.75 Å². The van der Waals surface area contributed by atoms with Gasteiger partial charge in [0.1, 0.15) is 11.6 Å². The summed E-state index contributed by atoms with van der Waals surface area (Å²) in [4.78, 5) is 28.6. The van der Waals surface area contributed by atoms with Crippen LogP contribution in [0, 0.1) is 5.82 Å². The first-order valence-corrected chi connectivity index (χ1v) is 9.12. The molecule has 1 unspecified atom stereocenters. The van der Waals surface area contributed by atoms with E-state index in [2.05, 4.69) is 11.9 Å². The van der Waals surface area contributed by atoms with Crippen molar-refractivity contribution < 1.29 is 18.7 Å². The van der Waals surface area contributed by atoms with Crippen molar-refractivity contribution in [1.29, 1.82) is 0 Å². The number of amides is 2. The molecule has 7 heteroatoms. The molecule has 1 aromatic carbocycles. The van der Waals surface area contributed by atoms with Gasteiger partial charge in [-0.25, -0.2) is 4.39 Å². The van der Waals surface area contributed by atoms with Crippen LogP contribution in [0.2, 0.25) is 0 Å². The first-order chi connectivity index (χ1) is 12.8. The Morgan fingerprint density at radius 1 is 1.48 bits per heavy atom. The second-order valence-corrected chi connectivity index (χ2v) is 6.80. The van der Waals surface area contributed by atoms with Gasteiger partial charge < -0.3 is 15.0 Å².